The molecule has 3 aromatic carbocycles. The summed E-state index contributed by atoms with van der Waals surface area (Å²) in [4.78, 5) is 25.7. The molecule has 1 amide bonds. The molecule has 0 saturated heterocycles. The van der Waals surface area contributed by atoms with Crippen LogP contribution in [0.3, 0.4) is 0 Å². The Bertz CT molecular complexity index is 1600. The topological polar surface area (TPSA) is 64.6 Å². The summed E-state index contributed by atoms with van der Waals surface area (Å²) in [7, 11) is 1.23. The zero-order valence-electron chi connectivity index (χ0n) is 24.6. The second-order valence-corrected chi connectivity index (χ2v) is 10.7. The molecule has 0 unspecified atom stereocenters. The van der Waals surface area contributed by atoms with E-state index in [9.17, 15) is 27.2 Å². The number of ether oxygens (including phenoxy) is 2. The molecule has 0 heterocycles. The Hall–Kier alpha value is -4.66. The Labute approximate surface area is 253 Å². The number of methoxy groups -OCH3 is 1. The largest absolute Gasteiger partial charge is 0.488 e. The van der Waals surface area contributed by atoms with Crippen molar-refractivity contribution in [3.05, 3.63) is 124 Å². The molecule has 0 spiro atoms. The highest BCUT2D eigenvalue weighted by molar-refractivity contribution is 6.03. The number of rotatable bonds is 9. The van der Waals surface area contributed by atoms with Crippen LogP contribution in [0.2, 0.25) is 0 Å². The molecule has 0 atom stereocenters. The van der Waals surface area contributed by atoms with Gasteiger partial charge in [-0.05, 0) is 89.6 Å². The molecule has 0 saturated carbocycles. The highest BCUT2D eigenvalue weighted by atomic mass is 19.4. The number of halogens is 4. The van der Waals surface area contributed by atoms with Gasteiger partial charge in [-0.25, -0.2) is 9.18 Å². The number of benzene rings is 3. The first-order valence-electron chi connectivity index (χ1n) is 14.1. The third-order valence-corrected chi connectivity index (χ3v) is 6.91. The van der Waals surface area contributed by atoms with E-state index in [-0.39, 0.29) is 35.0 Å². The van der Waals surface area contributed by atoms with E-state index in [1.165, 1.54) is 43.5 Å². The van der Waals surface area contributed by atoms with E-state index < -0.39 is 29.4 Å². The molecule has 0 fully saturated rings. The van der Waals surface area contributed by atoms with E-state index >= 15 is 0 Å². The van der Waals surface area contributed by atoms with Gasteiger partial charge in [0.2, 0.25) is 0 Å². The second-order valence-electron chi connectivity index (χ2n) is 10.7. The minimum atomic E-state index is -4.62. The van der Waals surface area contributed by atoms with Gasteiger partial charge >= 0.3 is 12.1 Å². The van der Waals surface area contributed by atoms with Gasteiger partial charge in [0.05, 0.1) is 18.2 Å². The lowest BCUT2D eigenvalue weighted by Crippen LogP contribution is -2.27. The van der Waals surface area contributed by atoms with Crippen LogP contribution in [-0.2, 0) is 17.5 Å². The number of carbonyl (C=O) groups excluding carboxylic acids is 2. The van der Waals surface area contributed by atoms with Crippen molar-refractivity contribution in [1.29, 1.82) is 0 Å². The number of amides is 1. The van der Waals surface area contributed by atoms with Crippen LogP contribution in [0.4, 0.5) is 17.6 Å². The first-order chi connectivity index (χ1) is 21.0. The van der Waals surface area contributed by atoms with Gasteiger partial charge in [0.25, 0.3) is 5.91 Å². The van der Waals surface area contributed by atoms with Crippen LogP contribution >= 0.6 is 0 Å². The van der Waals surface area contributed by atoms with E-state index in [1.807, 2.05) is 32.1 Å². The van der Waals surface area contributed by atoms with Gasteiger partial charge in [-0.3, -0.25) is 4.79 Å². The van der Waals surface area contributed by atoms with Crippen molar-refractivity contribution in [2.75, 3.05) is 13.7 Å². The third kappa shape index (κ3) is 8.24. The fourth-order valence-corrected chi connectivity index (χ4v) is 4.65. The average molecular weight is 608 g/mol. The monoisotopic (exact) mass is 607 g/mol. The first kappa shape index (κ1) is 32.3. The van der Waals surface area contributed by atoms with E-state index in [2.05, 4.69) is 5.32 Å². The zero-order chi connectivity index (χ0) is 31.9. The Balaban J connectivity index is 1.92. The molecule has 0 bridgehead atoms. The molecule has 0 radical (unpaired) electrons. The van der Waals surface area contributed by atoms with Crippen molar-refractivity contribution in [2.45, 2.75) is 39.5 Å². The van der Waals surface area contributed by atoms with Crippen molar-refractivity contribution in [1.82, 2.24) is 5.32 Å². The van der Waals surface area contributed by atoms with Gasteiger partial charge in [0, 0.05) is 17.7 Å². The molecule has 44 heavy (non-hydrogen) atoms. The second kappa shape index (κ2) is 14.2. The molecule has 3 aromatic rings. The van der Waals surface area contributed by atoms with Crippen molar-refractivity contribution in [3.8, 4) is 5.75 Å². The van der Waals surface area contributed by atoms with Crippen molar-refractivity contribution >= 4 is 23.0 Å². The number of carbonyl (C=O) groups is 2. The van der Waals surface area contributed by atoms with Crippen LogP contribution in [0.25, 0.3) is 11.1 Å². The van der Waals surface area contributed by atoms with Crippen LogP contribution in [0.1, 0.15) is 69.7 Å². The van der Waals surface area contributed by atoms with Crippen molar-refractivity contribution in [2.24, 2.45) is 5.92 Å². The molecular formula is C35H33F4NO4. The highest BCUT2D eigenvalue weighted by Crippen LogP contribution is 2.40. The maximum atomic E-state index is 14.0. The highest BCUT2D eigenvalue weighted by Gasteiger charge is 2.32. The van der Waals surface area contributed by atoms with Crippen LogP contribution < -0.4 is 10.1 Å². The summed E-state index contributed by atoms with van der Waals surface area (Å²) < 4.78 is 66.3. The molecule has 1 aliphatic carbocycles. The van der Waals surface area contributed by atoms with Crippen molar-refractivity contribution < 1.29 is 36.6 Å². The quantitative estimate of drug-likeness (QED) is 0.151. The van der Waals surface area contributed by atoms with Crippen LogP contribution in [-0.4, -0.2) is 25.5 Å². The minimum absolute atomic E-state index is 0.0110. The lowest BCUT2D eigenvalue weighted by Gasteiger charge is -2.20. The molecule has 5 nitrogen and oxygen atoms in total. The summed E-state index contributed by atoms with van der Waals surface area (Å²) in [5, 5.41) is 2.84. The maximum absolute atomic E-state index is 14.0. The summed E-state index contributed by atoms with van der Waals surface area (Å²) in [5.41, 5.74) is 1.76. The Morgan fingerprint density at radius 1 is 0.932 bits per heavy atom. The van der Waals surface area contributed by atoms with Gasteiger partial charge in [0.15, 0.2) is 0 Å². The van der Waals surface area contributed by atoms with E-state index in [1.54, 1.807) is 18.2 Å². The summed E-state index contributed by atoms with van der Waals surface area (Å²) in [5.74, 6) is -1.11. The molecule has 230 valence electrons. The summed E-state index contributed by atoms with van der Waals surface area (Å²) in [6.45, 7) is 4.30. The molecule has 4 rings (SSSR count). The van der Waals surface area contributed by atoms with Gasteiger partial charge in [-0.1, -0.05) is 50.3 Å². The molecule has 0 aliphatic heterocycles. The van der Waals surface area contributed by atoms with Crippen LogP contribution in [0.5, 0.6) is 5.75 Å². The summed E-state index contributed by atoms with van der Waals surface area (Å²) in [6, 6.07) is 13.5. The molecule has 1 aliphatic rings. The third-order valence-electron chi connectivity index (χ3n) is 6.91. The molecule has 9 heteroatoms. The van der Waals surface area contributed by atoms with E-state index in [0.29, 0.717) is 41.7 Å². The number of esters is 1. The lowest BCUT2D eigenvalue weighted by atomic mass is 9.88. The van der Waals surface area contributed by atoms with Gasteiger partial charge in [0.1, 0.15) is 18.2 Å². The number of hydrogen-bond donors (Lipinski definition) is 1. The van der Waals surface area contributed by atoms with E-state index in [0.717, 1.165) is 12.1 Å². The first-order valence-corrected chi connectivity index (χ1v) is 14.1. The lowest BCUT2D eigenvalue weighted by molar-refractivity contribution is -0.137. The Morgan fingerprint density at radius 3 is 2.34 bits per heavy atom. The Morgan fingerprint density at radius 2 is 1.66 bits per heavy atom. The number of allylic oxidation sites excluding steroid dienone is 6. The number of alkyl halides is 3. The maximum Gasteiger partial charge on any atom is 0.416 e. The fourth-order valence-electron chi connectivity index (χ4n) is 4.65. The average Bonchev–Trinajstić information content (AvgIpc) is 2.98. The molecular weight excluding hydrogens is 574 g/mol. The number of hydrogen-bond acceptors (Lipinski definition) is 4. The Kier molecular flexibility index (Phi) is 10.4. The van der Waals surface area contributed by atoms with Gasteiger partial charge in [-0.2, -0.15) is 13.2 Å². The van der Waals surface area contributed by atoms with Crippen LogP contribution in [0.15, 0.2) is 85.0 Å². The number of nitrogens with one attached hydrogen (secondary N) is 1. The van der Waals surface area contributed by atoms with Crippen molar-refractivity contribution in [3.63, 3.8) is 0 Å². The SMILES string of the molecule is COC(=O)c1cc(C(=O)NCC(C)C)cc(/C2=C(c3cc(C(F)(F)F)ccc3OCc3ccc(F)cc3)/C=C\C/C=C\C2)c1. The zero-order valence-corrected chi connectivity index (χ0v) is 24.6. The fraction of sp³-hybridized carbons (Fsp3) is 0.257. The predicted octanol–water partition coefficient (Wildman–Crippen LogP) is 8.41. The minimum Gasteiger partial charge on any atom is -0.488 e. The molecule has 1 N–H and O–H groups in total. The van der Waals surface area contributed by atoms with Gasteiger partial charge < -0.3 is 14.8 Å². The normalized spacial score (nSPS) is 16.5. The van der Waals surface area contributed by atoms with Crippen LogP contribution in [0, 0.1) is 11.7 Å². The van der Waals surface area contributed by atoms with Gasteiger partial charge in [-0.15, -0.1) is 0 Å². The summed E-state index contributed by atoms with van der Waals surface area (Å²) >= 11 is 0. The predicted molar refractivity (Wildman–Crippen MR) is 161 cm³/mol. The standard InChI is InChI=1S/C35H33F4NO4/c1-22(2)20-40-33(41)25-16-24(17-26(18-25)34(42)43-3)29-8-6-4-5-7-9-30(29)31-19-27(35(37,38)39)12-15-32(31)44-21-23-10-13-28(36)14-11-23/h4,6-7,9-19,22H,5,8,20-21H2,1-3H3,(H,40,41)/b6-4-,9-7-,30-29-. The smallest absolute Gasteiger partial charge is 0.416 e. The molecule has 0 aromatic heterocycles. The van der Waals surface area contributed by atoms with E-state index in [4.69, 9.17) is 9.47 Å². The summed E-state index contributed by atoms with van der Waals surface area (Å²) in [6.07, 6.45) is 3.57.